The molecule has 10 heteroatoms. The maximum atomic E-state index is 13.6. The van der Waals surface area contributed by atoms with Crippen molar-refractivity contribution in [1.29, 1.82) is 0 Å². The van der Waals surface area contributed by atoms with Gasteiger partial charge in [0.05, 0.1) is 23.3 Å². The normalized spacial score (nSPS) is 11.4. The van der Waals surface area contributed by atoms with Crippen LogP contribution in [0.2, 0.25) is 5.02 Å². The van der Waals surface area contributed by atoms with E-state index in [0.717, 1.165) is 0 Å². The number of ether oxygens (including phenoxy) is 1. The Kier molecular flexibility index (Phi) is 5.92. The van der Waals surface area contributed by atoms with E-state index in [2.05, 4.69) is 4.98 Å². The summed E-state index contributed by atoms with van der Waals surface area (Å²) in [5.41, 5.74) is 0.673. The maximum absolute atomic E-state index is 13.6. The third kappa shape index (κ3) is 4.08. The van der Waals surface area contributed by atoms with Gasteiger partial charge in [-0.3, -0.25) is 4.79 Å². The van der Waals surface area contributed by atoms with Crippen LogP contribution in [-0.4, -0.2) is 27.4 Å². The Labute approximate surface area is 194 Å². The molecule has 1 N–H and O–H groups in total. The lowest BCUT2D eigenvalue weighted by atomic mass is 10.1. The molecule has 0 atom stereocenters. The van der Waals surface area contributed by atoms with Gasteiger partial charge in [-0.1, -0.05) is 11.6 Å². The summed E-state index contributed by atoms with van der Waals surface area (Å²) in [7, 11) is -3.12. The highest BCUT2D eigenvalue weighted by atomic mass is 35.5. The molecule has 0 aliphatic rings. The molecule has 0 radical (unpaired) electrons. The van der Waals surface area contributed by atoms with Crippen molar-refractivity contribution in [2.45, 2.75) is 11.8 Å². The van der Waals surface area contributed by atoms with Gasteiger partial charge in [0.15, 0.2) is 12.4 Å². The molecule has 0 aliphatic heterocycles. The number of esters is 1. The summed E-state index contributed by atoms with van der Waals surface area (Å²) in [4.78, 5) is 28.4. The number of hydrogen-bond acceptors (Lipinski definition) is 6. The summed E-state index contributed by atoms with van der Waals surface area (Å²) >= 11 is 5.91. The van der Waals surface area contributed by atoms with Crippen LogP contribution in [0.25, 0.3) is 11.0 Å². The number of fused-ring (bicyclic) bond motifs is 1. The Morgan fingerprint density at radius 2 is 1.70 bits per heavy atom. The van der Waals surface area contributed by atoms with Crippen molar-refractivity contribution in [2.75, 3.05) is 11.4 Å². The molecular weight excluding hydrogens is 468 g/mol. The van der Waals surface area contributed by atoms with Crippen LogP contribution in [-0.2, 0) is 14.8 Å². The lowest BCUT2D eigenvalue weighted by molar-refractivity contribution is -0.378. The van der Waals surface area contributed by atoms with Gasteiger partial charge in [0.2, 0.25) is 0 Å². The molecule has 0 saturated carbocycles. The van der Waals surface area contributed by atoms with Gasteiger partial charge < -0.3 is 9.15 Å². The van der Waals surface area contributed by atoms with Gasteiger partial charge in [-0.2, -0.15) is 4.31 Å². The number of furan rings is 1. The lowest BCUT2D eigenvalue weighted by Gasteiger charge is -2.22. The molecule has 1 amide bonds. The fourth-order valence-electron chi connectivity index (χ4n) is 3.41. The summed E-state index contributed by atoms with van der Waals surface area (Å²) < 4.78 is 38.4. The van der Waals surface area contributed by atoms with Crippen LogP contribution in [0, 0.1) is 6.92 Å². The van der Waals surface area contributed by atoms with E-state index in [1.807, 2.05) is 0 Å². The number of pyridine rings is 1. The number of H-pyrrole nitrogens is 1. The molecular formula is C23H18ClN2O6S+. The van der Waals surface area contributed by atoms with Crippen LogP contribution in [0.5, 0.6) is 0 Å². The van der Waals surface area contributed by atoms with E-state index in [1.165, 1.54) is 74.1 Å². The SMILES string of the molecule is COC(=O)c1c(C)oc2ccc(N(C(=O)c3cc[nH+]cc3)S(=O)(=O)c3ccc(Cl)cc3)cc12. The number of sulfonamides is 1. The number of nitrogens with zero attached hydrogens (tertiary/aromatic N) is 1. The van der Waals surface area contributed by atoms with Crippen LogP contribution in [0.3, 0.4) is 0 Å². The molecule has 33 heavy (non-hydrogen) atoms. The number of aromatic amines is 1. The predicted molar refractivity (Wildman–Crippen MR) is 121 cm³/mol. The number of methoxy groups -OCH3 is 1. The minimum atomic E-state index is -4.35. The van der Waals surface area contributed by atoms with E-state index in [1.54, 1.807) is 6.92 Å². The van der Waals surface area contributed by atoms with Gasteiger partial charge in [-0.05, 0) is 49.4 Å². The lowest BCUT2D eigenvalue weighted by Crippen LogP contribution is -2.37. The molecule has 0 saturated heterocycles. The number of carbonyl (C=O) groups excluding carboxylic acids is 2. The molecule has 2 aromatic carbocycles. The number of hydrogen-bond donors (Lipinski definition) is 0. The fourth-order valence-corrected chi connectivity index (χ4v) is 4.95. The zero-order valence-corrected chi connectivity index (χ0v) is 19.1. The number of benzene rings is 2. The first-order valence-electron chi connectivity index (χ1n) is 9.67. The Morgan fingerprint density at radius 3 is 2.33 bits per heavy atom. The highest BCUT2D eigenvalue weighted by molar-refractivity contribution is 7.93. The van der Waals surface area contributed by atoms with Crippen molar-refractivity contribution < 1.29 is 32.1 Å². The highest BCUT2D eigenvalue weighted by Gasteiger charge is 2.33. The fraction of sp³-hybridized carbons (Fsp3) is 0.0870. The van der Waals surface area contributed by atoms with Crippen molar-refractivity contribution in [3.63, 3.8) is 0 Å². The Bertz CT molecular complexity index is 1460. The Balaban J connectivity index is 1.95. The largest absolute Gasteiger partial charge is 0.465 e. The van der Waals surface area contributed by atoms with Crippen molar-refractivity contribution in [2.24, 2.45) is 0 Å². The molecule has 2 aromatic heterocycles. The van der Waals surface area contributed by atoms with Crippen LogP contribution >= 0.6 is 11.6 Å². The van der Waals surface area contributed by atoms with E-state index in [-0.39, 0.29) is 21.7 Å². The van der Waals surface area contributed by atoms with Crippen LogP contribution in [0.4, 0.5) is 5.69 Å². The van der Waals surface area contributed by atoms with Gasteiger partial charge in [-0.25, -0.2) is 18.2 Å². The van der Waals surface area contributed by atoms with Gasteiger partial charge >= 0.3 is 5.97 Å². The number of anilines is 1. The molecule has 0 spiro atoms. The Hall–Kier alpha value is -3.69. The minimum absolute atomic E-state index is 0.0289. The van der Waals surface area contributed by atoms with Crippen LogP contribution in [0.15, 0.2) is 76.3 Å². The average Bonchev–Trinajstić information content (AvgIpc) is 3.14. The number of carbonyl (C=O) groups is 2. The number of halogens is 1. The quantitative estimate of drug-likeness (QED) is 0.395. The van der Waals surface area contributed by atoms with E-state index in [0.29, 0.717) is 26.1 Å². The average molecular weight is 486 g/mol. The topological polar surface area (TPSA) is 108 Å². The second-order valence-corrected chi connectivity index (χ2v) is 9.25. The van der Waals surface area contributed by atoms with Crippen LogP contribution in [0.1, 0.15) is 26.5 Å². The number of aryl methyl sites for hydroxylation is 1. The summed E-state index contributed by atoms with van der Waals surface area (Å²) in [5.74, 6) is -1.11. The molecule has 0 aliphatic carbocycles. The van der Waals surface area contributed by atoms with E-state index in [4.69, 9.17) is 20.8 Å². The molecule has 8 nitrogen and oxygen atoms in total. The molecule has 2 heterocycles. The second kappa shape index (κ2) is 8.68. The van der Waals surface area contributed by atoms with Gasteiger partial charge in [0.1, 0.15) is 16.9 Å². The maximum Gasteiger partial charge on any atom is 0.342 e. The molecule has 168 valence electrons. The first-order chi connectivity index (χ1) is 15.7. The number of amides is 1. The van der Waals surface area contributed by atoms with E-state index >= 15 is 0 Å². The second-order valence-electron chi connectivity index (χ2n) is 7.02. The molecule has 4 aromatic rings. The third-order valence-electron chi connectivity index (χ3n) is 4.97. The van der Waals surface area contributed by atoms with Crippen LogP contribution < -0.4 is 9.29 Å². The van der Waals surface area contributed by atoms with Crippen molar-refractivity contribution in [3.05, 3.63) is 88.9 Å². The molecule has 4 rings (SSSR count). The molecule has 0 unspecified atom stereocenters. The van der Waals surface area contributed by atoms with Crippen molar-refractivity contribution in [3.8, 4) is 0 Å². The molecule has 0 bridgehead atoms. The first kappa shape index (κ1) is 22.5. The summed E-state index contributed by atoms with van der Waals surface area (Å²) in [6.07, 6.45) is 3.02. The number of nitrogens with one attached hydrogen (secondary N) is 1. The standard InChI is InChI=1S/C23H17ClN2O6S/c1-14-21(23(28)31-2)19-13-17(5-8-20(19)32-14)26(22(27)15-9-11-25-12-10-15)33(29,30)18-6-3-16(24)4-7-18/h3-13H,1-2H3/p+1. The zero-order chi connectivity index (χ0) is 23.8. The summed E-state index contributed by atoms with van der Waals surface area (Å²) in [6, 6.07) is 12.8. The summed E-state index contributed by atoms with van der Waals surface area (Å²) in [6.45, 7) is 1.60. The molecule has 0 fully saturated rings. The van der Waals surface area contributed by atoms with Gasteiger partial charge in [0.25, 0.3) is 15.9 Å². The third-order valence-corrected chi connectivity index (χ3v) is 6.95. The van der Waals surface area contributed by atoms with Crippen molar-refractivity contribution in [1.82, 2.24) is 0 Å². The zero-order valence-electron chi connectivity index (χ0n) is 17.5. The van der Waals surface area contributed by atoms with Crippen molar-refractivity contribution >= 4 is 50.2 Å². The highest BCUT2D eigenvalue weighted by Crippen LogP contribution is 2.33. The number of rotatable bonds is 5. The number of aromatic nitrogens is 1. The Morgan fingerprint density at radius 1 is 1.03 bits per heavy atom. The minimum Gasteiger partial charge on any atom is -0.465 e. The van der Waals surface area contributed by atoms with E-state index in [9.17, 15) is 18.0 Å². The smallest absolute Gasteiger partial charge is 0.342 e. The van der Waals surface area contributed by atoms with Gasteiger partial charge in [0, 0.05) is 22.5 Å². The monoisotopic (exact) mass is 485 g/mol. The first-order valence-corrected chi connectivity index (χ1v) is 11.5. The van der Waals surface area contributed by atoms with Gasteiger partial charge in [-0.15, -0.1) is 0 Å². The predicted octanol–water partition coefficient (Wildman–Crippen LogP) is 4.03. The summed E-state index contributed by atoms with van der Waals surface area (Å²) in [5, 5.41) is 0.672. The van der Waals surface area contributed by atoms with E-state index < -0.39 is 21.9 Å².